The van der Waals surface area contributed by atoms with Crippen molar-refractivity contribution >= 4 is 0 Å². The van der Waals surface area contributed by atoms with Crippen molar-refractivity contribution in [2.45, 2.75) is 33.2 Å². The molecule has 2 unspecified atom stereocenters. The van der Waals surface area contributed by atoms with Gasteiger partial charge in [-0.25, -0.2) is 9.97 Å². The van der Waals surface area contributed by atoms with Gasteiger partial charge in [0, 0.05) is 24.2 Å². The van der Waals surface area contributed by atoms with E-state index in [0.29, 0.717) is 23.8 Å². The lowest BCUT2D eigenvalue weighted by Gasteiger charge is -2.26. The van der Waals surface area contributed by atoms with Crippen LogP contribution in [-0.2, 0) is 6.42 Å². The van der Waals surface area contributed by atoms with Gasteiger partial charge in [-0.2, -0.15) is 0 Å². The molecule has 0 saturated heterocycles. The van der Waals surface area contributed by atoms with Crippen molar-refractivity contribution in [2.75, 3.05) is 14.2 Å². The SMILES string of the molecule is CNC(Cc1cc(OC)ncn1)C(C)C(C)C. The maximum Gasteiger partial charge on any atom is 0.216 e. The first kappa shape index (κ1) is 13.9. The Labute approximate surface area is 104 Å². The molecule has 0 bridgehead atoms. The number of rotatable bonds is 6. The average molecular weight is 237 g/mol. The van der Waals surface area contributed by atoms with Crippen LogP contribution in [0.5, 0.6) is 5.88 Å². The van der Waals surface area contributed by atoms with Crippen LogP contribution in [0.1, 0.15) is 26.5 Å². The summed E-state index contributed by atoms with van der Waals surface area (Å²) < 4.78 is 5.11. The Morgan fingerprint density at radius 1 is 1.29 bits per heavy atom. The standard InChI is InChI=1S/C13H23N3O/c1-9(2)10(3)12(14-4)6-11-7-13(17-5)16-8-15-11/h7-10,12,14H,6H2,1-5H3. The zero-order valence-electron chi connectivity index (χ0n) is 11.4. The van der Waals surface area contributed by atoms with E-state index in [1.165, 1.54) is 0 Å². The zero-order valence-corrected chi connectivity index (χ0v) is 11.4. The van der Waals surface area contributed by atoms with Crippen molar-refractivity contribution in [3.05, 3.63) is 18.1 Å². The summed E-state index contributed by atoms with van der Waals surface area (Å²) in [5.41, 5.74) is 1.02. The molecule has 0 aliphatic heterocycles. The third-order valence-electron chi connectivity index (χ3n) is 3.39. The van der Waals surface area contributed by atoms with Crippen molar-refractivity contribution in [3.63, 3.8) is 0 Å². The molecule has 1 aromatic rings. The summed E-state index contributed by atoms with van der Waals surface area (Å²) >= 11 is 0. The van der Waals surface area contributed by atoms with E-state index >= 15 is 0 Å². The van der Waals surface area contributed by atoms with E-state index in [9.17, 15) is 0 Å². The summed E-state index contributed by atoms with van der Waals surface area (Å²) in [7, 11) is 3.63. The Morgan fingerprint density at radius 2 is 2.00 bits per heavy atom. The second-order valence-electron chi connectivity index (χ2n) is 4.75. The molecule has 1 aromatic heterocycles. The minimum atomic E-state index is 0.426. The van der Waals surface area contributed by atoms with Crippen molar-refractivity contribution in [1.29, 1.82) is 0 Å². The van der Waals surface area contributed by atoms with E-state index in [-0.39, 0.29) is 0 Å². The molecule has 0 saturated carbocycles. The number of aromatic nitrogens is 2. The van der Waals surface area contributed by atoms with Crippen LogP contribution in [0.4, 0.5) is 0 Å². The average Bonchev–Trinajstić information content (AvgIpc) is 2.35. The highest BCUT2D eigenvalue weighted by molar-refractivity contribution is 5.14. The van der Waals surface area contributed by atoms with Gasteiger partial charge in [0.2, 0.25) is 5.88 Å². The molecule has 1 N–H and O–H groups in total. The molecule has 1 rings (SSSR count). The fraction of sp³-hybridized carbons (Fsp3) is 0.692. The highest BCUT2D eigenvalue weighted by Crippen LogP contribution is 2.18. The zero-order chi connectivity index (χ0) is 12.8. The molecule has 0 aliphatic rings. The third-order valence-corrected chi connectivity index (χ3v) is 3.39. The summed E-state index contributed by atoms with van der Waals surface area (Å²) in [5.74, 6) is 1.87. The maximum atomic E-state index is 5.11. The molecule has 17 heavy (non-hydrogen) atoms. The molecule has 4 heteroatoms. The number of likely N-dealkylation sites (N-methyl/N-ethyl adjacent to an activating group) is 1. The molecule has 0 fully saturated rings. The predicted octanol–water partition coefficient (Wildman–Crippen LogP) is 1.91. The topological polar surface area (TPSA) is 47.0 Å². The van der Waals surface area contributed by atoms with Crippen LogP contribution >= 0.6 is 0 Å². The second kappa shape index (κ2) is 6.55. The minimum absolute atomic E-state index is 0.426. The van der Waals surface area contributed by atoms with Gasteiger partial charge in [0.05, 0.1) is 7.11 Å². The van der Waals surface area contributed by atoms with E-state index in [1.807, 2.05) is 13.1 Å². The van der Waals surface area contributed by atoms with E-state index < -0.39 is 0 Å². The van der Waals surface area contributed by atoms with E-state index in [2.05, 4.69) is 36.1 Å². The Bertz CT molecular complexity index is 341. The van der Waals surface area contributed by atoms with Gasteiger partial charge in [0.25, 0.3) is 0 Å². The Balaban J connectivity index is 2.73. The molecule has 0 aliphatic carbocycles. The molecule has 0 spiro atoms. The van der Waals surface area contributed by atoms with Gasteiger partial charge in [-0.05, 0) is 18.9 Å². The van der Waals surface area contributed by atoms with Crippen molar-refractivity contribution < 1.29 is 4.74 Å². The largest absolute Gasteiger partial charge is 0.481 e. The normalized spacial score (nSPS) is 14.7. The number of nitrogens with one attached hydrogen (secondary N) is 1. The van der Waals surface area contributed by atoms with E-state index in [1.54, 1.807) is 13.4 Å². The van der Waals surface area contributed by atoms with Gasteiger partial charge < -0.3 is 10.1 Å². The highest BCUT2D eigenvalue weighted by atomic mass is 16.5. The van der Waals surface area contributed by atoms with Crippen LogP contribution in [0.15, 0.2) is 12.4 Å². The third kappa shape index (κ3) is 3.97. The smallest absolute Gasteiger partial charge is 0.216 e. The molecular formula is C13H23N3O. The Hall–Kier alpha value is -1.16. The summed E-state index contributed by atoms with van der Waals surface area (Å²) in [6, 6.07) is 2.33. The van der Waals surface area contributed by atoms with E-state index in [0.717, 1.165) is 12.1 Å². The first-order valence-corrected chi connectivity index (χ1v) is 6.10. The van der Waals surface area contributed by atoms with Crippen LogP contribution in [0.2, 0.25) is 0 Å². The quantitative estimate of drug-likeness (QED) is 0.821. The summed E-state index contributed by atoms with van der Waals surface area (Å²) in [5, 5.41) is 3.37. The molecular weight excluding hydrogens is 214 g/mol. The van der Waals surface area contributed by atoms with Gasteiger partial charge in [0.15, 0.2) is 0 Å². The molecule has 0 aromatic carbocycles. The molecule has 0 amide bonds. The molecule has 2 atom stereocenters. The van der Waals surface area contributed by atoms with Gasteiger partial charge in [-0.3, -0.25) is 0 Å². The number of methoxy groups -OCH3 is 1. The fourth-order valence-electron chi connectivity index (χ4n) is 1.84. The summed E-state index contributed by atoms with van der Waals surface area (Å²) in [6.45, 7) is 6.76. The van der Waals surface area contributed by atoms with Crippen molar-refractivity contribution in [1.82, 2.24) is 15.3 Å². The Kier molecular flexibility index (Phi) is 5.35. The lowest BCUT2D eigenvalue weighted by atomic mass is 9.88. The molecule has 4 nitrogen and oxygen atoms in total. The van der Waals surface area contributed by atoms with Gasteiger partial charge >= 0.3 is 0 Å². The molecule has 0 radical (unpaired) electrons. The predicted molar refractivity (Wildman–Crippen MR) is 69.1 cm³/mol. The van der Waals surface area contributed by atoms with Crippen molar-refractivity contribution in [2.24, 2.45) is 11.8 Å². The first-order valence-electron chi connectivity index (χ1n) is 6.10. The van der Waals surface area contributed by atoms with Crippen LogP contribution in [0, 0.1) is 11.8 Å². The number of ether oxygens (including phenoxy) is 1. The van der Waals surface area contributed by atoms with Crippen LogP contribution < -0.4 is 10.1 Å². The maximum absolute atomic E-state index is 5.11. The summed E-state index contributed by atoms with van der Waals surface area (Å²) in [4.78, 5) is 8.30. The first-order chi connectivity index (χ1) is 8.08. The molecule has 96 valence electrons. The number of nitrogens with zero attached hydrogens (tertiary/aromatic N) is 2. The Morgan fingerprint density at radius 3 is 2.53 bits per heavy atom. The lowest BCUT2D eigenvalue weighted by molar-refractivity contribution is 0.307. The van der Waals surface area contributed by atoms with Crippen LogP contribution in [0.25, 0.3) is 0 Å². The molecule has 1 heterocycles. The summed E-state index contributed by atoms with van der Waals surface area (Å²) in [6.07, 6.45) is 2.45. The van der Waals surface area contributed by atoms with Crippen LogP contribution in [-0.4, -0.2) is 30.2 Å². The van der Waals surface area contributed by atoms with E-state index in [4.69, 9.17) is 4.74 Å². The second-order valence-corrected chi connectivity index (χ2v) is 4.75. The number of hydrogen-bond acceptors (Lipinski definition) is 4. The van der Waals surface area contributed by atoms with Gasteiger partial charge in [-0.15, -0.1) is 0 Å². The monoisotopic (exact) mass is 237 g/mol. The number of hydrogen-bond donors (Lipinski definition) is 1. The highest BCUT2D eigenvalue weighted by Gasteiger charge is 2.19. The fourth-order valence-corrected chi connectivity index (χ4v) is 1.84. The van der Waals surface area contributed by atoms with Gasteiger partial charge in [0.1, 0.15) is 6.33 Å². The van der Waals surface area contributed by atoms with Gasteiger partial charge in [-0.1, -0.05) is 20.8 Å². The lowest BCUT2D eigenvalue weighted by Crippen LogP contribution is -2.36. The minimum Gasteiger partial charge on any atom is -0.481 e. The van der Waals surface area contributed by atoms with Crippen molar-refractivity contribution in [3.8, 4) is 5.88 Å². The van der Waals surface area contributed by atoms with Crippen LogP contribution in [0.3, 0.4) is 0 Å².